The van der Waals surface area contributed by atoms with Gasteiger partial charge >= 0.3 is 0 Å². The number of rotatable bonds is 9. The lowest BCUT2D eigenvalue weighted by atomic mass is 10.3. The second-order valence-electron chi connectivity index (χ2n) is 5.65. The second-order valence-corrected chi connectivity index (χ2v) is 7.41. The van der Waals surface area contributed by atoms with Crippen LogP contribution in [-0.2, 0) is 14.8 Å². The van der Waals surface area contributed by atoms with Gasteiger partial charge in [0.15, 0.2) is 6.10 Å². The van der Waals surface area contributed by atoms with Crippen LogP contribution >= 0.6 is 0 Å². The van der Waals surface area contributed by atoms with Crippen LogP contribution in [0.1, 0.15) is 40.5 Å². The number of hydrogen-bond donors (Lipinski definition) is 2. The van der Waals surface area contributed by atoms with E-state index in [1.807, 2.05) is 20.8 Å². The molecule has 0 aliphatic carbocycles. The molecule has 0 saturated carbocycles. The van der Waals surface area contributed by atoms with E-state index in [1.165, 1.54) is 12.1 Å². The molecule has 6 nitrogen and oxygen atoms in total. The number of unbranched alkanes of at least 4 members (excludes halogenated alkanes) is 1. The molecule has 0 radical (unpaired) electrons. The van der Waals surface area contributed by atoms with Crippen LogP contribution in [0.2, 0.25) is 0 Å². The number of ether oxygens (including phenoxy) is 1. The average molecular weight is 342 g/mol. The highest BCUT2D eigenvalue weighted by Gasteiger charge is 2.17. The minimum Gasteiger partial charge on any atom is -0.481 e. The average Bonchev–Trinajstić information content (AvgIpc) is 2.47. The van der Waals surface area contributed by atoms with Crippen LogP contribution in [0.4, 0.5) is 0 Å². The van der Waals surface area contributed by atoms with Crippen molar-refractivity contribution in [1.29, 1.82) is 0 Å². The molecule has 2 N–H and O–H groups in total. The summed E-state index contributed by atoms with van der Waals surface area (Å²) >= 11 is 0. The summed E-state index contributed by atoms with van der Waals surface area (Å²) in [5.41, 5.74) is 0. The molecule has 1 rings (SSSR count). The summed E-state index contributed by atoms with van der Waals surface area (Å²) in [5.74, 6) is 0.238. The molecule has 0 aromatic heterocycles. The molecule has 0 spiro atoms. The fraction of sp³-hybridized carbons (Fsp3) is 0.562. The van der Waals surface area contributed by atoms with Gasteiger partial charge < -0.3 is 10.1 Å². The molecule has 130 valence electrons. The van der Waals surface area contributed by atoms with Crippen molar-refractivity contribution in [2.45, 2.75) is 57.6 Å². The molecular weight excluding hydrogens is 316 g/mol. The van der Waals surface area contributed by atoms with E-state index in [9.17, 15) is 13.2 Å². The van der Waals surface area contributed by atoms with E-state index >= 15 is 0 Å². The molecule has 0 bridgehead atoms. The van der Waals surface area contributed by atoms with Gasteiger partial charge in [0.2, 0.25) is 10.0 Å². The normalized spacial score (nSPS) is 12.9. The topological polar surface area (TPSA) is 84.5 Å². The zero-order valence-electron chi connectivity index (χ0n) is 14.1. The third kappa shape index (κ3) is 6.58. The Morgan fingerprint density at radius 1 is 1.17 bits per heavy atom. The number of hydrogen-bond acceptors (Lipinski definition) is 4. The van der Waals surface area contributed by atoms with Gasteiger partial charge in [-0.05, 0) is 51.5 Å². The molecule has 1 atom stereocenters. The molecule has 7 heteroatoms. The SMILES string of the molecule is CCCCNS(=O)(=O)c1ccc(O[C@@H](C)C(=O)NC(C)C)cc1. The number of amides is 1. The number of nitrogens with one attached hydrogen (secondary N) is 2. The van der Waals surface area contributed by atoms with Crippen LogP contribution in [0, 0.1) is 0 Å². The van der Waals surface area contributed by atoms with E-state index in [2.05, 4.69) is 10.0 Å². The van der Waals surface area contributed by atoms with Crippen molar-refractivity contribution in [3.8, 4) is 5.75 Å². The lowest BCUT2D eigenvalue weighted by molar-refractivity contribution is -0.127. The van der Waals surface area contributed by atoms with Crippen molar-refractivity contribution >= 4 is 15.9 Å². The zero-order valence-corrected chi connectivity index (χ0v) is 14.9. The van der Waals surface area contributed by atoms with Gasteiger partial charge in [0, 0.05) is 12.6 Å². The van der Waals surface area contributed by atoms with Crippen molar-refractivity contribution in [2.75, 3.05) is 6.54 Å². The van der Waals surface area contributed by atoms with E-state index < -0.39 is 16.1 Å². The van der Waals surface area contributed by atoms with Crippen molar-refractivity contribution in [3.63, 3.8) is 0 Å². The molecule has 0 aliphatic rings. The molecule has 1 aromatic carbocycles. The predicted molar refractivity (Wildman–Crippen MR) is 89.9 cm³/mol. The highest BCUT2D eigenvalue weighted by atomic mass is 32.2. The summed E-state index contributed by atoms with van der Waals surface area (Å²) < 4.78 is 32.2. The third-order valence-electron chi connectivity index (χ3n) is 3.07. The van der Waals surface area contributed by atoms with Gasteiger partial charge in [-0.1, -0.05) is 13.3 Å². The maximum absolute atomic E-state index is 12.1. The molecule has 1 amide bonds. The molecular formula is C16H26N2O4S. The maximum atomic E-state index is 12.1. The smallest absolute Gasteiger partial charge is 0.260 e. The Hall–Kier alpha value is -1.60. The van der Waals surface area contributed by atoms with Gasteiger partial charge in [0.25, 0.3) is 5.91 Å². The summed E-state index contributed by atoms with van der Waals surface area (Å²) in [7, 11) is -3.49. The first-order valence-corrected chi connectivity index (χ1v) is 9.31. The van der Waals surface area contributed by atoms with Gasteiger partial charge in [-0.15, -0.1) is 0 Å². The van der Waals surface area contributed by atoms with Crippen LogP contribution in [-0.4, -0.2) is 33.0 Å². The van der Waals surface area contributed by atoms with Gasteiger partial charge in [0.05, 0.1) is 4.90 Å². The standard InChI is InChI=1S/C16H26N2O4S/c1-5-6-11-17-23(20,21)15-9-7-14(8-10-15)22-13(4)16(19)18-12(2)3/h7-10,12-13,17H,5-6,11H2,1-4H3,(H,18,19)/t13-/m0/s1. The van der Waals surface area contributed by atoms with Gasteiger partial charge in [0.1, 0.15) is 5.75 Å². The van der Waals surface area contributed by atoms with Crippen LogP contribution in [0.25, 0.3) is 0 Å². The summed E-state index contributed by atoms with van der Waals surface area (Å²) in [6.45, 7) is 7.81. The monoisotopic (exact) mass is 342 g/mol. The summed E-state index contributed by atoms with van der Waals surface area (Å²) in [5, 5.41) is 2.76. The Morgan fingerprint density at radius 3 is 2.30 bits per heavy atom. The molecule has 0 fully saturated rings. The first-order chi connectivity index (χ1) is 10.8. The quantitative estimate of drug-likeness (QED) is 0.673. The summed E-state index contributed by atoms with van der Waals surface area (Å²) in [6.07, 6.45) is 1.07. The van der Waals surface area contributed by atoms with Gasteiger partial charge in [-0.25, -0.2) is 13.1 Å². The van der Waals surface area contributed by atoms with Crippen molar-refractivity contribution in [2.24, 2.45) is 0 Å². The Balaban J connectivity index is 2.67. The number of sulfonamides is 1. The molecule has 0 heterocycles. The highest BCUT2D eigenvalue weighted by Crippen LogP contribution is 2.17. The lowest BCUT2D eigenvalue weighted by Gasteiger charge is -2.16. The van der Waals surface area contributed by atoms with E-state index in [1.54, 1.807) is 19.1 Å². The largest absolute Gasteiger partial charge is 0.481 e. The summed E-state index contributed by atoms with van der Waals surface area (Å²) in [4.78, 5) is 12.0. The van der Waals surface area contributed by atoms with E-state index in [0.717, 1.165) is 12.8 Å². The molecule has 23 heavy (non-hydrogen) atoms. The van der Waals surface area contributed by atoms with Crippen molar-refractivity contribution in [3.05, 3.63) is 24.3 Å². The Morgan fingerprint density at radius 2 is 1.78 bits per heavy atom. The van der Waals surface area contributed by atoms with E-state index in [-0.39, 0.29) is 16.8 Å². The molecule has 0 unspecified atom stereocenters. The van der Waals surface area contributed by atoms with E-state index in [4.69, 9.17) is 4.74 Å². The minimum atomic E-state index is -3.49. The predicted octanol–water partition coefficient (Wildman–Crippen LogP) is 2.06. The third-order valence-corrected chi connectivity index (χ3v) is 4.55. The zero-order chi connectivity index (χ0) is 17.5. The van der Waals surface area contributed by atoms with Crippen molar-refractivity contribution < 1.29 is 17.9 Å². The Kier molecular flexibility index (Phi) is 7.51. The van der Waals surface area contributed by atoms with Crippen LogP contribution in [0.3, 0.4) is 0 Å². The molecule has 0 aliphatic heterocycles. The van der Waals surface area contributed by atoms with Crippen molar-refractivity contribution in [1.82, 2.24) is 10.0 Å². The van der Waals surface area contributed by atoms with Gasteiger partial charge in [-0.3, -0.25) is 4.79 Å². The number of carbonyl (C=O) groups is 1. The van der Waals surface area contributed by atoms with Crippen LogP contribution in [0.5, 0.6) is 5.75 Å². The minimum absolute atomic E-state index is 0.0373. The van der Waals surface area contributed by atoms with E-state index in [0.29, 0.717) is 12.3 Å². The lowest BCUT2D eigenvalue weighted by Crippen LogP contribution is -2.40. The second kappa shape index (κ2) is 8.88. The number of carbonyl (C=O) groups excluding carboxylic acids is 1. The highest BCUT2D eigenvalue weighted by molar-refractivity contribution is 7.89. The fourth-order valence-corrected chi connectivity index (χ4v) is 2.90. The fourth-order valence-electron chi connectivity index (χ4n) is 1.82. The molecule has 0 saturated heterocycles. The maximum Gasteiger partial charge on any atom is 0.260 e. The first kappa shape index (κ1) is 19.4. The van der Waals surface area contributed by atoms with Gasteiger partial charge in [-0.2, -0.15) is 0 Å². The molecule has 1 aromatic rings. The Labute approximate surface area is 138 Å². The summed E-state index contributed by atoms with van der Waals surface area (Å²) in [6, 6.07) is 6.07. The van der Waals surface area contributed by atoms with Crippen LogP contribution < -0.4 is 14.8 Å². The first-order valence-electron chi connectivity index (χ1n) is 7.83. The Bertz CT molecular complexity index is 597. The van der Waals surface area contributed by atoms with Crippen LogP contribution in [0.15, 0.2) is 29.2 Å². The number of benzene rings is 1.